The van der Waals surface area contributed by atoms with Gasteiger partial charge in [0.1, 0.15) is 12.3 Å². The minimum atomic E-state index is -2.84. The van der Waals surface area contributed by atoms with Crippen LogP contribution in [0.15, 0.2) is 30.3 Å². The molecule has 28 heavy (non-hydrogen) atoms. The van der Waals surface area contributed by atoms with Crippen molar-refractivity contribution in [2.75, 3.05) is 45.8 Å². The average Bonchev–Trinajstić information content (AvgIpc) is 2.98. The summed E-state index contributed by atoms with van der Waals surface area (Å²) in [6.45, 7) is 8.02. The number of ether oxygens (including phenoxy) is 1. The molecule has 1 aromatic heterocycles. The van der Waals surface area contributed by atoms with Gasteiger partial charge < -0.3 is 13.8 Å². The van der Waals surface area contributed by atoms with E-state index >= 15 is 0 Å². The second-order valence-corrected chi connectivity index (χ2v) is 7.93. The zero-order valence-electron chi connectivity index (χ0n) is 16.3. The summed E-state index contributed by atoms with van der Waals surface area (Å²) in [5.41, 5.74) is 3.42. The maximum Gasteiger partial charge on any atom is 0.387 e. The molecule has 0 radical (unpaired) electrons. The predicted octanol–water partition coefficient (Wildman–Crippen LogP) is 3.02. The summed E-state index contributed by atoms with van der Waals surface area (Å²) < 4.78 is 32.0. The van der Waals surface area contributed by atoms with Gasteiger partial charge in [-0.1, -0.05) is 0 Å². The van der Waals surface area contributed by atoms with Gasteiger partial charge in [0.2, 0.25) is 5.78 Å². The topological polar surface area (TPSA) is 34.5 Å². The molecule has 3 saturated heterocycles. The van der Waals surface area contributed by atoms with E-state index in [4.69, 9.17) is 0 Å². The third kappa shape index (κ3) is 3.56. The zero-order valence-corrected chi connectivity index (χ0v) is 16.3. The molecule has 5 rings (SSSR count). The quantitative estimate of drug-likeness (QED) is 0.562. The van der Waals surface area contributed by atoms with E-state index in [2.05, 4.69) is 9.64 Å². The third-order valence-corrected chi connectivity index (χ3v) is 6.20. The number of nitrogens with zero attached hydrogens (tertiary/aromatic N) is 3. The number of aryl methyl sites for hydroxylation is 1. The van der Waals surface area contributed by atoms with Crippen LogP contribution in [0.2, 0.25) is 0 Å². The SMILES string of the molecule is Cc1cc(C(=O)C[N+]23CCN(CC2)CC3)c(C)n1-c1ccc(OC(F)F)cc1. The molecule has 3 aliphatic heterocycles. The lowest BCUT2D eigenvalue weighted by Crippen LogP contribution is -2.68. The minimum Gasteiger partial charge on any atom is -0.435 e. The zero-order chi connectivity index (χ0) is 19.9. The lowest BCUT2D eigenvalue weighted by molar-refractivity contribution is -0.933. The molecule has 1 aromatic carbocycles. The summed E-state index contributed by atoms with van der Waals surface area (Å²) in [6.07, 6.45) is 0. The molecule has 0 unspecified atom stereocenters. The first-order valence-electron chi connectivity index (χ1n) is 9.72. The Morgan fingerprint density at radius 1 is 1.11 bits per heavy atom. The van der Waals surface area contributed by atoms with Crippen molar-refractivity contribution in [2.45, 2.75) is 20.5 Å². The lowest BCUT2D eigenvalue weighted by atomic mass is 10.1. The fraction of sp³-hybridized carbons (Fsp3) is 0.476. The Labute approximate surface area is 163 Å². The van der Waals surface area contributed by atoms with Crippen LogP contribution in [-0.4, -0.2) is 72.2 Å². The van der Waals surface area contributed by atoms with Gasteiger partial charge in [-0.15, -0.1) is 0 Å². The Hall–Kier alpha value is -2.25. The van der Waals surface area contributed by atoms with Crippen LogP contribution in [0.5, 0.6) is 5.75 Å². The molecule has 5 nitrogen and oxygen atoms in total. The van der Waals surface area contributed by atoms with E-state index in [1.807, 2.05) is 24.5 Å². The number of aromatic nitrogens is 1. The van der Waals surface area contributed by atoms with Crippen LogP contribution >= 0.6 is 0 Å². The number of benzene rings is 1. The largest absolute Gasteiger partial charge is 0.435 e. The van der Waals surface area contributed by atoms with Gasteiger partial charge in [-0.2, -0.15) is 8.78 Å². The van der Waals surface area contributed by atoms with Crippen molar-refractivity contribution in [1.29, 1.82) is 0 Å². The lowest BCUT2D eigenvalue weighted by Gasteiger charge is -2.50. The maximum atomic E-state index is 13.1. The Kier molecular flexibility index (Phi) is 4.97. The van der Waals surface area contributed by atoms with E-state index in [1.165, 1.54) is 12.1 Å². The molecule has 3 aliphatic rings. The van der Waals surface area contributed by atoms with Crippen LogP contribution in [0.3, 0.4) is 0 Å². The van der Waals surface area contributed by atoms with E-state index < -0.39 is 6.61 Å². The number of alkyl halides is 2. The van der Waals surface area contributed by atoms with Crippen molar-refractivity contribution in [3.05, 3.63) is 47.3 Å². The fourth-order valence-corrected chi connectivity index (χ4v) is 4.58. The summed E-state index contributed by atoms with van der Waals surface area (Å²) in [6, 6.07) is 8.45. The van der Waals surface area contributed by atoms with E-state index in [-0.39, 0.29) is 11.5 Å². The molecule has 0 saturated carbocycles. The highest BCUT2D eigenvalue weighted by molar-refractivity contribution is 5.98. The number of carbonyl (C=O) groups excluding carboxylic acids is 1. The molecule has 0 N–H and O–H groups in total. The minimum absolute atomic E-state index is 0.123. The standard InChI is InChI=1S/C21H26F2N3O2/c1-15-13-19(20(27)14-26-10-7-24(8-11-26)9-12-26)16(2)25(15)17-3-5-18(6-4-17)28-21(22)23/h3-6,13,21H,7-12,14H2,1-2H3/q+1. The summed E-state index contributed by atoms with van der Waals surface area (Å²) >= 11 is 0. The van der Waals surface area contributed by atoms with Crippen molar-refractivity contribution < 1.29 is 22.8 Å². The molecule has 2 bridgehead atoms. The summed E-state index contributed by atoms with van der Waals surface area (Å²) in [5.74, 6) is 0.310. The molecule has 0 amide bonds. The van der Waals surface area contributed by atoms with Gasteiger partial charge >= 0.3 is 6.61 Å². The Bertz CT molecular complexity index is 855. The summed E-state index contributed by atoms with van der Waals surface area (Å²) in [4.78, 5) is 15.6. The van der Waals surface area contributed by atoms with Crippen LogP contribution in [0, 0.1) is 13.8 Å². The number of hydrogen-bond acceptors (Lipinski definition) is 3. The Morgan fingerprint density at radius 2 is 1.71 bits per heavy atom. The van der Waals surface area contributed by atoms with E-state index in [0.29, 0.717) is 6.54 Å². The molecule has 7 heteroatoms. The molecule has 0 aliphatic carbocycles. The van der Waals surface area contributed by atoms with Crippen molar-refractivity contribution in [3.63, 3.8) is 0 Å². The number of halogens is 2. The average molecular weight is 390 g/mol. The van der Waals surface area contributed by atoms with Gasteiger partial charge in [0.25, 0.3) is 0 Å². The highest BCUT2D eigenvalue weighted by Crippen LogP contribution is 2.26. The van der Waals surface area contributed by atoms with Crippen LogP contribution in [-0.2, 0) is 0 Å². The van der Waals surface area contributed by atoms with Crippen molar-refractivity contribution in [1.82, 2.24) is 9.47 Å². The second kappa shape index (κ2) is 7.29. The van der Waals surface area contributed by atoms with Crippen molar-refractivity contribution in [3.8, 4) is 11.4 Å². The summed E-state index contributed by atoms with van der Waals surface area (Å²) in [5, 5.41) is 0. The smallest absolute Gasteiger partial charge is 0.387 e. The third-order valence-electron chi connectivity index (χ3n) is 6.20. The number of fused-ring (bicyclic) bond motifs is 3. The molecular formula is C21H26F2N3O2+. The highest BCUT2D eigenvalue weighted by Gasteiger charge is 2.40. The summed E-state index contributed by atoms with van der Waals surface area (Å²) in [7, 11) is 0. The van der Waals surface area contributed by atoms with Crippen LogP contribution in [0.1, 0.15) is 21.7 Å². The van der Waals surface area contributed by atoms with Gasteiger partial charge in [0.05, 0.1) is 19.6 Å². The highest BCUT2D eigenvalue weighted by atomic mass is 19.3. The van der Waals surface area contributed by atoms with Gasteiger partial charge in [0, 0.05) is 42.3 Å². The number of ketones is 1. The Morgan fingerprint density at radius 3 is 2.29 bits per heavy atom. The molecule has 150 valence electrons. The molecule has 3 fully saturated rings. The first-order valence-corrected chi connectivity index (χ1v) is 9.72. The van der Waals surface area contributed by atoms with Crippen molar-refractivity contribution in [2.24, 2.45) is 0 Å². The van der Waals surface area contributed by atoms with E-state index in [1.54, 1.807) is 12.1 Å². The number of Topliss-reactive ketones (excluding diaryl/α,β-unsaturated/α-hetero) is 1. The van der Waals surface area contributed by atoms with Gasteiger partial charge in [-0.05, 0) is 44.2 Å². The first-order chi connectivity index (χ1) is 13.4. The van der Waals surface area contributed by atoms with Gasteiger partial charge in [-0.3, -0.25) is 9.69 Å². The molecule has 4 heterocycles. The predicted molar refractivity (Wildman–Crippen MR) is 102 cm³/mol. The molecule has 0 atom stereocenters. The van der Waals surface area contributed by atoms with E-state index in [0.717, 1.165) is 66.4 Å². The number of piperazine rings is 3. The van der Waals surface area contributed by atoms with Crippen molar-refractivity contribution >= 4 is 5.78 Å². The Balaban J connectivity index is 1.56. The fourth-order valence-electron chi connectivity index (χ4n) is 4.58. The molecule has 2 aromatic rings. The first kappa shape index (κ1) is 19.1. The maximum absolute atomic E-state index is 13.1. The van der Waals surface area contributed by atoms with Crippen LogP contribution in [0.25, 0.3) is 5.69 Å². The van der Waals surface area contributed by atoms with Crippen LogP contribution < -0.4 is 4.74 Å². The number of carbonyl (C=O) groups is 1. The second-order valence-electron chi connectivity index (χ2n) is 7.93. The number of rotatable bonds is 6. The van der Waals surface area contributed by atoms with E-state index in [9.17, 15) is 13.6 Å². The van der Waals surface area contributed by atoms with Crippen LogP contribution in [0.4, 0.5) is 8.78 Å². The monoisotopic (exact) mass is 390 g/mol. The number of quaternary nitrogens is 1. The van der Waals surface area contributed by atoms with Gasteiger partial charge in [-0.25, -0.2) is 0 Å². The normalized spacial score (nSPS) is 24.0. The number of hydrogen-bond donors (Lipinski definition) is 0. The van der Waals surface area contributed by atoms with Gasteiger partial charge in [0.15, 0.2) is 0 Å². The molecular weight excluding hydrogens is 364 g/mol. The molecule has 0 spiro atoms.